The van der Waals surface area contributed by atoms with Crippen LogP contribution in [0.1, 0.15) is 37.1 Å². The lowest BCUT2D eigenvalue weighted by atomic mass is 9.77. The van der Waals surface area contributed by atoms with Crippen LogP contribution in [0.3, 0.4) is 0 Å². The molecule has 1 aliphatic rings. The van der Waals surface area contributed by atoms with Crippen molar-refractivity contribution in [1.82, 2.24) is 10.6 Å². The molecule has 0 spiro atoms. The number of rotatable bonds is 4. The molecule has 17 heavy (non-hydrogen) atoms. The smallest absolute Gasteiger partial charge is 0.0303 e. The molecule has 0 saturated carbocycles. The van der Waals surface area contributed by atoms with Gasteiger partial charge in [0.05, 0.1) is 0 Å². The maximum absolute atomic E-state index is 3.64. The minimum atomic E-state index is 0.426. The zero-order valence-corrected chi connectivity index (χ0v) is 12.0. The molecule has 1 unspecified atom stereocenters. The highest BCUT2D eigenvalue weighted by molar-refractivity contribution is 7.10. The first-order valence-electron chi connectivity index (χ1n) is 6.57. The molecule has 0 aliphatic carbocycles. The van der Waals surface area contributed by atoms with Crippen LogP contribution in [-0.2, 0) is 6.54 Å². The normalized spacial score (nSPS) is 23.8. The fourth-order valence-electron chi connectivity index (χ4n) is 2.53. The lowest BCUT2D eigenvalue weighted by molar-refractivity contribution is 0.176. The Hall–Kier alpha value is -0.380. The summed E-state index contributed by atoms with van der Waals surface area (Å²) in [6.07, 6.45) is 2.65. The predicted molar refractivity (Wildman–Crippen MR) is 75.6 cm³/mol. The van der Waals surface area contributed by atoms with Crippen LogP contribution in [0, 0.1) is 12.3 Å². The van der Waals surface area contributed by atoms with Gasteiger partial charge in [0.1, 0.15) is 0 Å². The maximum atomic E-state index is 3.64. The highest BCUT2D eigenvalue weighted by Gasteiger charge is 2.31. The summed E-state index contributed by atoms with van der Waals surface area (Å²) >= 11 is 1.85. The van der Waals surface area contributed by atoms with E-state index in [4.69, 9.17) is 0 Å². The molecule has 1 aromatic heterocycles. The molecule has 0 bridgehead atoms. The van der Waals surface area contributed by atoms with E-state index in [1.165, 1.54) is 29.8 Å². The molecule has 2 N–H and O–H groups in total. The highest BCUT2D eigenvalue weighted by Crippen LogP contribution is 2.29. The van der Waals surface area contributed by atoms with Gasteiger partial charge in [-0.1, -0.05) is 13.8 Å². The summed E-state index contributed by atoms with van der Waals surface area (Å²) in [5.41, 5.74) is 1.84. The van der Waals surface area contributed by atoms with Crippen molar-refractivity contribution < 1.29 is 0 Å². The van der Waals surface area contributed by atoms with Crippen LogP contribution < -0.4 is 10.6 Å². The summed E-state index contributed by atoms with van der Waals surface area (Å²) in [7, 11) is 0. The van der Waals surface area contributed by atoms with Crippen LogP contribution in [0.15, 0.2) is 11.4 Å². The van der Waals surface area contributed by atoms with Gasteiger partial charge in [-0.25, -0.2) is 0 Å². The highest BCUT2D eigenvalue weighted by atomic mass is 32.1. The lowest BCUT2D eigenvalue weighted by Crippen LogP contribution is -2.51. The summed E-state index contributed by atoms with van der Waals surface area (Å²) in [5, 5.41) is 9.42. The molecule has 1 atom stereocenters. The Morgan fingerprint density at radius 1 is 1.53 bits per heavy atom. The molecular formula is C14H24N2S. The van der Waals surface area contributed by atoms with E-state index >= 15 is 0 Å². The Bertz CT molecular complexity index is 357. The molecule has 2 heterocycles. The van der Waals surface area contributed by atoms with Crippen LogP contribution in [0.4, 0.5) is 0 Å². The van der Waals surface area contributed by atoms with Crippen molar-refractivity contribution in [1.29, 1.82) is 0 Å². The number of hydrogen-bond acceptors (Lipinski definition) is 3. The molecule has 1 aromatic rings. The van der Waals surface area contributed by atoms with Crippen molar-refractivity contribution in [2.45, 2.75) is 46.2 Å². The van der Waals surface area contributed by atoms with E-state index in [1.807, 2.05) is 11.3 Å². The second-order valence-electron chi connectivity index (χ2n) is 5.76. The Labute approximate surface area is 109 Å². The molecule has 2 nitrogen and oxygen atoms in total. The number of hydrogen-bond donors (Lipinski definition) is 2. The average Bonchev–Trinajstić information content (AvgIpc) is 2.67. The minimum absolute atomic E-state index is 0.426. The first-order chi connectivity index (χ1) is 8.09. The number of piperidine rings is 1. The van der Waals surface area contributed by atoms with Gasteiger partial charge in [0.15, 0.2) is 0 Å². The van der Waals surface area contributed by atoms with Gasteiger partial charge in [0.2, 0.25) is 0 Å². The molecule has 1 fully saturated rings. The molecule has 0 amide bonds. The zero-order valence-electron chi connectivity index (χ0n) is 11.2. The summed E-state index contributed by atoms with van der Waals surface area (Å²) in [6, 6.07) is 2.81. The second kappa shape index (κ2) is 5.51. The molecule has 0 aromatic carbocycles. The SMILES string of the molecule is Cc1ccsc1CNCC1NCCCC1(C)C. The van der Waals surface area contributed by atoms with Crippen LogP contribution in [0.2, 0.25) is 0 Å². The Kier molecular flexibility index (Phi) is 4.23. The lowest BCUT2D eigenvalue weighted by Gasteiger charge is -2.39. The third-order valence-electron chi connectivity index (χ3n) is 3.93. The predicted octanol–water partition coefficient (Wildman–Crippen LogP) is 2.92. The van der Waals surface area contributed by atoms with Gasteiger partial charge >= 0.3 is 0 Å². The third-order valence-corrected chi connectivity index (χ3v) is 4.96. The van der Waals surface area contributed by atoms with E-state index in [1.54, 1.807) is 0 Å². The Morgan fingerprint density at radius 2 is 2.35 bits per heavy atom. The van der Waals surface area contributed by atoms with E-state index in [0.29, 0.717) is 11.5 Å². The third kappa shape index (κ3) is 3.30. The summed E-state index contributed by atoms with van der Waals surface area (Å²) in [5.74, 6) is 0. The molecule has 1 saturated heterocycles. The van der Waals surface area contributed by atoms with Gasteiger partial charge in [-0.3, -0.25) is 0 Å². The second-order valence-corrected chi connectivity index (χ2v) is 6.76. The molecule has 96 valence electrons. The van der Waals surface area contributed by atoms with Crippen molar-refractivity contribution >= 4 is 11.3 Å². The van der Waals surface area contributed by atoms with E-state index in [2.05, 4.69) is 42.9 Å². The van der Waals surface area contributed by atoms with Gasteiger partial charge in [-0.2, -0.15) is 0 Å². The van der Waals surface area contributed by atoms with Crippen LogP contribution >= 0.6 is 11.3 Å². The maximum Gasteiger partial charge on any atom is 0.0303 e. The molecular weight excluding hydrogens is 228 g/mol. The number of aryl methyl sites for hydroxylation is 1. The van der Waals surface area contributed by atoms with Crippen LogP contribution in [0.5, 0.6) is 0 Å². The molecule has 0 radical (unpaired) electrons. The molecule has 3 heteroatoms. The average molecular weight is 252 g/mol. The van der Waals surface area contributed by atoms with E-state index < -0.39 is 0 Å². The summed E-state index contributed by atoms with van der Waals surface area (Å²) in [6.45, 7) is 10.2. The first-order valence-corrected chi connectivity index (χ1v) is 7.44. The zero-order chi connectivity index (χ0) is 12.3. The van der Waals surface area contributed by atoms with Crippen molar-refractivity contribution in [3.05, 3.63) is 21.9 Å². The fourth-order valence-corrected chi connectivity index (χ4v) is 3.41. The van der Waals surface area contributed by atoms with E-state index in [9.17, 15) is 0 Å². The van der Waals surface area contributed by atoms with Crippen molar-refractivity contribution in [3.63, 3.8) is 0 Å². The number of thiophene rings is 1. The fraction of sp³-hybridized carbons (Fsp3) is 0.714. The first kappa shape index (κ1) is 13.1. The quantitative estimate of drug-likeness (QED) is 0.861. The Morgan fingerprint density at radius 3 is 3.00 bits per heavy atom. The minimum Gasteiger partial charge on any atom is -0.312 e. The van der Waals surface area contributed by atoms with Gasteiger partial charge in [0, 0.05) is 24.0 Å². The van der Waals surface area contributed by atoms with Crippen molar-refractivity contribution in [2.75, 3.05) is 13.1 Å². The summed E-state index contributed by atoms with van der Waals surface area (Å²) in [4.78, 5) is 1.47. The van der Waals surface area contributed by atoms with Gasteiger partial charge in [0.25, 0.3) is 0 Å². The standard InChI is InChI=1S/C14H24N2S/c1-11-5-8-17-12(11)9-15-10-13-14(2,3)6-4-7-16-13/h5,8,13,15-16H,4,6-7,9-10H2,1-3H3. The van der Waals surface area contributed by atoms with E-state index in [-0.39, 0.29) is 0 Å². The van der Waals surface area contributed by atoms with Gasteiger partial charge in [-0.15, -0.1) is 11.3 Å². The van der Waals surface area contributed by atoms with Gasteiger partial charge in [-0.05, 0) is 48.7 Å². The van der Waals surface area contributed by atoms with Gasteiger partial charge < -0.3 is 10.6 Å². The van der Waals surface area contributed by atoms with Crippen molar-refractivity contribution in [2.24, 2.45) is 5.41 Å². The van der Waals surface area contributed by atoms with Crippen molar-refractivity contribution in [3.8, 4) is 0 Å². The summed E-state index contributed by atoms with van der Waals surface area (Å²) < 4.78 is 0. The molecule has 2 rings (SSSR count). The number of nitrogens with one attached hydrogen (secondary N) is 2. The largest absolute Gasteiger partial charge is 0.312 e. The topological polar surface area (TPSA) is 24.1 Å². The molecule has 1 aliphatic heterocycles. The van der Waals surface area contributed by atoms with Crippen LogP contribution in [0.25, 0.3) is 0 Å². The monoisotopic (exact) mass is 252 g/mol. The van der Waals surface area contributed by atoms with Crippen LogP contribution in [-0.4, -0.2) is 19.1 Å². The Balaban J connectivity index is 1.80. The van der Waals surface area contributed by atoms with E-state index in [0.717, 1.165) is 13.1 Å².